The first kappa shape index (κ1) is 20.2. The van der Waals surface area contributed by atoms with Crippen LogP contribution in [0.15, 0.2) is 24.3 Å². The van der Waals surface area contributed by atoms with E-state index in [1.54, 1.807) is 0 Å². The summed E-state index contributed by atoms with van der Waals surface area (Å²) in [7, 11) is 0. The summed E-state index contributed by atoms with van der Waals surface area (Å²) >= 11 is 0. The van der Waals surface area contributed by atoms with Gasteiger partial charge in [-0.05, 0) is 68.6 Å². The molecule has 3 heteroatoms. The summed E-state index contributed by atoms with van der Waals surface area (Å²) in [5.74, 6) is 2.38. The fraction of sp³-hybridized carbons (Fsp3) is 0.773. The maximum Gasteiger partial charge on any atom is 0.303 e. The van der Waals surface area contributed by atoms with Crippen molar-refractivity contribution in [2.24, 2.45) is 23.7 Å². The Labute approximate surface area is 153 Å². The standard InChI is InChI=1S/C22H36O3/c1-2-3-6-9-20(23)13-12-18-14-17-15-19(16-17)21(18)10-7-4-5-8-11-22(24)25/h4,7,12-13,17-21,23H,2-3,5-6,8-11,14-16H2,1H3,(H,24,25)/b7-4-,13-12+/t17?,18-,19?,20-,21-/m0/s1. The first-order chi connectivity index (χ1) is 12.1. The molecule has 0 saturated heterocycles. The number of carboxylic acids is 1. The second kappa shape index (κ2) is 10.8. The number of hydrogen-bond acceptors (Lipinski definition) is 2. The monoisotopic (exact) mass is 348 g/mol. The van der Waals surface area contributed by atoms with E-state index in [2.05, 4.69) is 31.2 Å². The minimum Gasteiger partial charge on any atom is -0.481 e. The van der Waals surface area contributed by atoms with Crippen molar-refractivity contribution in [3.05, 3.63) is 24.3 Å². The predicted molar refractivity (Wildman–Crippen MR) is 102 cm³/mol. The molecule has 0 aliphatic heterocycles. The summed E-state index contributed by atoms with van der Waals surface area (Å²) in [5, 5.41) is 18.8. The van der Waals surface area contributed by atoms with Crippen LogP contribution >= 0.6 is 0 Å². The molecule has 0 radical (unpaired) electrons. The second-order valence-corrected chi connectivity index (χ2v) is 8.10. The van der Waals surface area contributed by atoms with E-state index >= 15 is 0 Å². The molecule has 0 aromatic carbocycles. The van der Waals surface area contributed by atoms with Crippen molar-refractivity contribution < 1.29 is 15.0 Å². The highest BCUT2D eigenvalue weighted by Gasteiger charge is 2.43. The van der Waals surface area contributed by atoms with Gasteiger partial charge in [-0.25, -0.2) is 0 Å². The van der Waals surface area contributed by atoms with Crippen LogP contribution in [0.5, 0.6) is 0 Å². The number of unbranched alkanes of at least 4 members (excludes halogenated alkanes) is 3. The Morgan fingerprint density at radius 1 is 1.16 bits per heavy atom. The van der Waals surface area contributed by atoms with E-state index in [4.69, 9.17) is 5.11 Å². The molecule has 3 nitrogen and oxygen atoms in total. The lowest BCUT2D eigenvalue weighted by Crippen LogP contribution is -2.41. The average molecular weight is 349 g/mol. The topological polar surface area (TPSA) is 57.5 Å². The van der Waals surface area contributed by atoms with Gasteiger partial charge in [-0.15, -0.1) is 0 Å². The molecule has 25 heavy (non-hydrogen) atoms. The van der Waals surface area contributed by atoms with Crippen LogP contribution in [-0.2, 0) is 4.79 Å². The van der Waals surface area contributed by atoms with Gasteiger partial charge in [-0.3, -0.25) is 4.79 Å². The van der Waals surface area contributed by atoms with Crippen LogP contribution in [-0.4, -0.2) is 22.3 Å². The van der Waals surface area contributed by atoms with Gasteiger partial charge in [-0.1, -0.05) is 50.5 Å². The Balaban J connectivity index is 1.76. The van der Waals surface area contributed by atoms with Crippen molar-refractivity contribution in [1.82, 2.24) is 0 Å². The summed E-state index contributed by atoms with van der Waals surface area (Å²) < 4.78 is 0. The molecule has 0 aromatic heterocycles. The van der Waals surface area contributed by atoms with Crippen LogP contribution < -0.4 is 0 Å². The number of aliphatic hydroxyl groups excluding tert-OH is 1. The Bertz CT molecular complexity index is 448. The highest BCUT2D eigenvalue weighted by atomic mass is 16.4. The lowest BCUT2D eigenvalue weighted by molar-refractivity contribution is -0.137. The van der Waals surface area contributed by atoms with Gasteiger partial charge in [0.25, 0.3) is 0 Å². The lowest BCUT2D eigenvalue weighted by Gasteiger charge is -2.50. The maximum atomic E-state index is 10.5. The van der Waals surface area contributed by atoms with E-state index in [1.807, 2.05) is 0 Å². The molecule has 3 fully saturated rings. The third-order valence-electron chi connectivity index (χ3n) is 6.05. The number of aliphatic carboxylic acids is 1. The predicted octanol–water partition coefficient (Wildman–Crippen LogP) is 5.35. The van der Waals surface area contributed by atoms with E-state index in [9.17, 15) is 9.90 Å². The molecule has 0 spiro atoms. The molecule has 3 saturated carbocycles. The summed E-state index contributed by atoms with van der Waals surface area (Å²) in [4.78, 5) is 10.5. The lowest BCUT2D eigenvalue weighted by atomic mass is 9.55. The molecule has 0 aromatic rings. The molecular weight excluding hydrogens is 312 g/mol. The molecule has 0 amide bonds. The largest absolute Gasteiger partial charge is 0.481 e. The van der Waals surface area contributed by atoms with E-state index in [0.29, 0.717) is 11.8 Å². The maximum absolute atomic E-state index is 10.5. The zero-order valence-corrected chi connectivity index (χ0v) is 15.8. The van der Waals surface area contributed by atoms with E-state index in [1.165, 1.54) is 32.1 Å². The van der Waals surface area contributed by atoms with Crippen LogP contribution in [0.4, 0.5) is 0 Å². The summed E-state index contributed by atoms with van der Waals surface area (Å²) in [6.07, 6.45) is 19.9. The summed E-state index contributed by atoms with van der Waals surface area (Å²) in [6, 6.07) is 0. The molecule has 0 heterocycles. The normalized spacial score (nSPS) is 29.8. The third-order valence-corrected chi connectivity index (χ3v) is 6.05. The number of rotatable bonds is 12. The number of aliphatic hydroxyl groups is 1. The van der Waals surface area contributed by atoms with Gasteiger partial charge in [0.2, 0.25) is 0 Å². The van der Waals surface area contributed by atoms with Crippen molar-refractivity contribution in [3.63, 3.8) is 0 Å². The van der Waals surface area contributed by atoms with Gasteiger partial charge in [0.05, 0.1) is 6.10 Å². The molecule has 0 unspecified atom stereocenters. The number of carbonyl (C=O) groups is 1. The molecule has 3 aliphatic rings. The molecule has 142 valence electrons. The molecule has 3 aliphatic carbocycles. The zero-order valence-electron chi connectivity index (χ0n) is 15.8. The summed E-state index contributed by atoms with van der Waals surface area (Å²) in [6.45, 7) is 2.19. The Hall–Kier alpha value is -1.09. The second-order valence-electron chi connectivity index (χ2n) is 8.10. The summed E-state index contributed by atoms with van der Waals surface area (Å²) in [5.41, 5.74) is 0. The number of hydrogen-bond donors (Lipinski definition) is 2. The van der Waals surface area contributed by atoms with Crippen LogP contribution in [0.3, 0.4) is 0 Å². The van der Waals surface area contributed by atoms with Gasteiger partial charge >= 0.3 is 5.97 Å². The highest BCUT2D eigenvalue weighted by Crippen LogP contribution is 2.53. The van der Waals surface area contributed by atoms with E-state index in [0.717, 1.165) is 43.9 Å². The van der Waals surface area contributed by atoms with Crippen molar-refractivity contribution in [2.45, 2.75) is 83.7 Å². The van der Waals surface area contributed by atoms with Gasteiger partial charge in [0, 0.05) is 6.42 Å². The number of allylic oxidation sites excluding steroid dienone is 3. The van der Waals surface area contributed by atoms with Crippen molar-refractivity contribution in [3.8, 4) is 0 Å². The molecular formula is C22H36O3. The van der Waals surface area contributed by atoms with Crippen LogP contribution in [0, 0.1) is 23.7 Å². The first-order valence-electron chi connectivity index (χ1n) is 10.3. The molecule has 2 N–H and O–H groups in total. The Morgan fingerprint density at radius 2 is 1.96 bits per heavy atom. The minimum absolute atomic E-state index is 0.263. The minimum atomic E-state index is -0.705. The fourth-order valence-electron chi connectivity index (χ4n) is 4.54. The Kier molecular flexibility index (Phi) is 8.74. The fourth-order valence-corrected chi connectivity index (χ4v) is 4.54. The smallest absolute Gasteiger partial charge is 0.303 e. The number of fused-ring (bicyclic) bond motifs is 2. The van der Waals surface area contributed by atoms with Crippen LogP contribution in [0.25, 0.3) is 0 Å². The number of carboxylic acid groups (broad SMARTS) is 1. The van der Waals surface area contributed by atoms with Gasteiger partial charge in [0.15, 0.2) is 0 Å². The molecule has 3 rings (SSSR count). The van der Waals surface area contributed by atoms with Crippen molar-refractivity contribution in [2.75, 3.05) is 0 Å². The van der Waals surface area contributed by atoms with Crippen molar-refractivity contribution in [1.29, 1.82) is 0 Å². The third kappa shape index (κ3) is 6.97. The van der Waals surface area contributed by atoms with Crippen LogP contribution in [0.2, 0.25) is 0 Å². The highest BCUT2D eigenvalue weighted by molar-refractivity contribution is 5.66. The van der Waals surface area contributed by atoms with Crippen molar-refractivity contribution >= 4 is 5.97 Å². The molecule has 3 atom stereocenters. The molecule has 2 bridgehead atoms. The van der Waals surface area contributed by atoms with Gasteiger partial charge in [0.1, 0.15) is 0 Å². The Morgan fingerprint density at radius 3 is 2.68 bits per heavy atom. The zero-order chi connectivity index (χ0) is 18.1. The first-order valence-corrected chi connectivity index (χ1v) is 10.3. The van der Waals surface area contributed by atoms with Gasteiger partial charge in [-0.2, -0.15) is 0 Å². The SMILES string of the molecule is CCCCC[C@H](O)/C=C/[C@H]1CC2CC(C2)[C@H]1C/C=C\CCCC(=O)O. The average Bonchev–Trinajstić information content (AvgIpc) is 2.55. The van der Waals surface area contributed by atoms with Gasteiger partial charge < -0.3 is 10.2 Å². The van der Waals surface area contributed by atoms with E-state index < -0.39 is 5.97 Å². The van der Waals surface area contributed by atoms with Crippen LogP contribution in [0.1, 0.15) is 77.6 Å². The van der Waals surface area contributed by atoms with E-state index in [-0.39, 0.29) is 12.5 Å². The quantitative estimate of drug-likeness (QED) is 0.369.